The molecule has 0 aromatic heterocycles. The molecule has 120 valence electrons. The lowest BCUT2D eigenvalue weighted by Gasteiger charge is -2.24. The lowest BCUT2D eigenvalue weighted by Crippen LogP contribution is -2.39. The fraction of sp³-hybridized carbons (Fsp3) is 0.278. The summed E-state index contributed by atoms with van der Waals surface area (Å²) in [5, 5.41) is 2.88. The van der Waals surface area contributed by atoms with Crippen LogP contribution in [0.5, 0.6) is 0 Å². The van der Waals surface area contributed by atoms with Gasteiger partial charge in [0.05, 0.1) is 6.04 Å². The van der Waals surface area contributed by atoms with E-state index in [1.807, 2.05) is 35.2 Å². The van der Waals surface area contributed by atoms with E-state index in [9.17, 15) is 13.6 Å². The Morgan fingerprint density at radius 3 is 2.70 bits per heavy atom. The quantitative estimate of drug-likeness (QED) is 0.935. The molecule has 1 N–H and O–H groups in total. The lowest BCUT2D eigenvalue weighted by molar-refractivity contribution is -0.120. The molecule has 0 saturated carbocycles. The van der Waals surface area contributed by atoms with E-state index in [-0.39, 0.29) is 24.1 Å². The molecule has 0 aliphatic carbocycles. The van der Waals surface area contributed by atoms with Crippen LogP contribution < -0.4 is 5.32 Å². The summed E-state index contributed by atoms with van der Waals surface area (Å²) in [7, 11) is 0. The maximum Gasteiger partial charge on any atom is 0.241 e. The van der Waals surface area contributed by atoms with Crippen molar-refractivity contribution in [2.45, 2.75) is 25.4 Å². The number of carbonyl (C=O) groups excluding carboxylic acids is 1. The molecule has 5 heteroatoms. The Morgan fingerprint density at radius 1 is 1.13 bits per heavy atom. The number of hydrogen-bond acceptors (Lipinski definition) is 2. The van der Waals surface area contributed by atoms with Crippen molar-refractivity contribution in [2.24, 2.45) is 0 Å². The molecular formula is C18H18F2N2O. The zero-order valence-electron chi connectivity index (χ0n) is 12.6. The number of amides is 1. The number of likely N-dealkylation sites (tertiary alicyclic amines) is 1. The molecule has 23 heavy (non-hydrogen) atoms. The Hall–Kier alpha value is -2.27. The SMILES string of the molecule is O=C(Nc1ccccc1)[C@H]1CCCN1Cc1cccc(F)c1F. The van der Waals surface area contributed by atoms with Crippen LogP contribution in [0.4, 0.5) is 14.5 Å². The van der Waals surface area contributed by atoms with Crippen molar-refractivity contribution in [3.8, 4) is 0 Å². The third-order valence-electron chi connectivity index (χ3n) is 4.11. The van der Waals surface area contributed by atoms with Crippen LogP contribution in [-0.2, 0) is 11.3 Å². The number of carbonyl (C=O) groups is 1. The van der Waals surface area contributed by atoms with Crippen molar-refractivity contribution in [2.75, 3.05) is 11.9 Å². The third-order valence-corrected chi connectivity index (χ3v) is 4.11. The summed E-state index contributed by atoms with van der Waals surface area (Å²) in [6, 6.07) is 13.1. The summed E-state index contributed by atoms with van der Waals surface area (Å²) < 4.78 is 27.2. The molecule has 1 aliphatic heterocycles. The predicted octanol–water partition coefficient (Wildman–Crippen LogP) is 3.57. The number of anilines is 1. The first-order chi connectivity index (χ1) is 11.1. The Kier molecular flexibility index (Phi) is 4.67. The molecule has 1 amide bonds. The molecule has 3 nitrogen and oxygen atoms in total. The Morgan fingerprint density at radius 2 is 1.91 bits per heavy atom. The van der Waals surface area contributed by atoms with Gasteiger partial charge in [0.2, 0.25) is 5.91 Å². The van der Waals surface area contributed by atoms with Gasteiger partial charge in [-0.25, -0.2) is 8.78 Å². The predicted molar refractivity (Wildman–Crippen MR) is 84.9 cm³/mol. The van der Waals surface area contributed by atoms with Gasteiger partial charge in [-0.05, 0) is 37.6 Å². The van der Waals surface area contributed by atoms with E-state index in [0.717, 1.165) is 24.6 Å². The third kappa shape index (κ3) is 3.56. The van der Waals surface area contributed by atoms with Gasteiger partial charge >= 0.3 is 0 Å². The van der Waals surface area contributed by atoms with Crippen LogP contribution >= 0.6 is 0 Å². The first-order valence-corrected chi connectivity index (χ1v) is 7.68. The lowest BCUT2D eigenvalue weighted by atomic mass is 10.1. The molecule has 2 aromatic rings. The molecule has 0 radical (unpaired) electrons. The smallest absolute Gasteiger partial charge is 0.241 e. The molecule has 2 aromatic carbocycles. The Bertz CT molecular complexity index is 691. The number of para-hydroxylation sites is 1. The number of halogens is 2. The van der Waals surface area contributed by atoms with E-state index in [2.05, 4.69) is 5.32 Å². The molecule has 0 bridgehead atoms. The van der Waals surface area contributed by atoms with Gasteiger partial charge in [-0.15, -0.1) is 0 Å². The first kappa shape index (κ1) is 15.6. The minimum atomic E-state index is -0.855. The van der Waals surface area contributed by atoms with Crippen LogP contribution in [0.3, 0.4) is 0 Å². The molecule has 0 unspecified atom stereocenters. The topological polar surface area (TPSA) is 32.3 Å². The maximum absolute atomic E-state index is 13.8. The van der Waals surface area contributed by atoms with Crippen molar-refractivity contribution >= 4 is 11.6 Å². The second-order valence-electron chi connectivity index (χ2n) is 5.70. The maximum atomic E-state index is 13.8. The molecule has 1 atom stereocenters. The molecule has 1 aliphatic rings. The highest BCUT2D eigenvalue weighted by Crippen LogP contribution is 2.23. The minimum absolute atomic E-state index is 0.106. The molecule has 0 spiro atoms. The fourth-order valence-electron chi connectivity index (χ4n) is 2.95. The zero-order valence-corrected chi connectivity index (χ0v) is 12.6. The van der Waals surface area contributed by atoms with Gasteiger partial charge in [-0.1, -0.05) is 30.3 Å². The molecule has 3 rings (SSSR count). The van der Waals surface area contributed by atoms with E-state index in [4.69, 9.17) is 0 Å². The number of rotatable bonds is 4. The van der Waals surface area contributed by atoms with Crippen molar-refractivity contribution in [1.29, 1.82) is 0 Å². The van der Waals surface area contributed by atoms with Gasteiger partial charge < -0.3 is 5.32 Å². The highest BCUT2D eigenvalue weighted by Gasteiger charge is 2.31. The van der Waals surface area contributed by atoms with Crippen molar-refractivity contribution in [1.82, 2.24) is 4.90 Å². The fourth-order valence-corrected chi connectivity index (χ4v) is 2.95. The van der Waals surface area contributed by atoms with Crippen LogP contribution in [0.15, 0.2) is 48.5 Å². The number of nitrogens with zero attached hydrogens (tertiary/aromatic N) is 1. The second kappa shape index (κ2) is 6.87. The molecule has 1 saturated heterocycles. The first-order valence-electron chi connectivity index (χ1n) is 7.68. The zero-order chi connectivity index (χ0) is 16.2. The van der Waals surface area contributed by atoms with Crippen LogP contribution in [0.25, 0.3) is 0 Å². The normalized spacial score (nSPS) is 18.1. The minimum Gasteiger partial charge on any atom is -0.325 e. The molecule has 1 fully saturated rings. The van der Waals surface area contributed by atoms with E-state index < -0.39 is 11.6 Å². The average molecular weight is 316 g/mol. The van der Waals surface area contributed by atoms with Gasteiger partial charge in [0.15, 0.2) is 11.6 Å². The largest absolute Gasteiger partial charge is 0.325 e. The van der Waals surface area contributed by atoms with Gasteiger partial charge in [0, 0.05) is 17.8 Å². The van der Waals surface area contributed by atoms with E-state index in [0.29, 0.717) is 6.54 Å². The summed E-state index contributed by atoms with van der Waals surface area (Å²) in [6.45, 7) is 0.930. The van der Waals surface area contributed by atoms with Crippen LogP contribution in [0, 0.1) is 11.6 Å². The highest BCUT2D eigenvalue weighted by molar-refractivity contribution is 5.94. The van der Waals surface area contributed by atoms with Crippen LogP contribution in [-0.4, -0.2) is 23.4 Å². The molecule has 1 heterocycles. The molecular weight excluding hydrogens is 298 g/mol. The standard InChI is InChI=1S/C18H18F2N2O/c19-15-9-4-6-13(17(15)20)12-22-11-5-10-16(22)18(23)21-14-7-2-1-3-8-14/h1-4,6-9,16H,5,10-12H2,(H,21,23)/t16-/m1/s1. The van der Waals surface area contributed by atoms with Gasteiger partial charge in [0.25, 0.3) is 0 Å². The van der Waals surface area contributed by atoms with Gasteiger partial charge in [-0.2, -0.15) is 0 Å². The Balaban J connectivity index is 1.70. The van der Waals surface area contributed by atoms with Crippen LogP contribution in [0.1, 0.15) is 18.4 Å². The van der Waals surface area contributed by atoms with Crippen molar-refractivity contribution in [3.63, 3.8) is 0 Å². The summed E-state index contributed by atoms with van der Waals surface area (Å²) in [5.41, 5.74) is 1.02. The number of benzene rings is 2. The highest BCUT2D eigenvalue weighted by atomic mass is 19.2. The van der Waals surface area contributed by atoms with Gasteiger partial charge in [0.1, 0.15) is 0 Å². The van der Waals surface area contributed by atoms with E-state index in [1.54, 1.807) is 6.07 Å². The van der Waals surface area contributed by atoms with Crippen LogP contribution in [0.2, 0.25) is 0 Å². The number of hydrogen-bond donors (Lipinski definition) is 1. The van der Waals surface area contributed by atoms with Gasteiger partial charge in [-0.3, -0.25) is 9.69 Å². The summed E-state index contributed by atoms with van der Waals surface area (Å²) in [6.07, 6.45) is 1.58. The Labute approximate surface area is 133 Å². The number of nitrogens with one attached hydrogen (secondary N) is 1. The van der Waals surface area contributed by atoms with Crippen molar-refractivity contribution in [3.05, 3.63) is 65.7 Å². The van der Waals surface area contributed by atoms with Crippen molar-refractivity contribution < 1.29 is 13.6 Å². The monoisotopic (exact) mass is 316 g/mol. The summed E-state index contributed by atoms with van der Waals surface area (Å²) >= 11 is 0. The summed E-state index contributed by atoms with van der Waals surface area (Å²) in [5.74, 6) is -1.79. The van der Waals surface area contributed by atoms with E-state index >= 15 is 0 Å². The van der Waals surface area contributed by atoms with E-state index in [1.165, 1.54) is 6.07 Å². The average Bonchev–Trinajstić information content (AvgIpc) is 3.01. The second-order valence-corrected chi connectivity index (χ2v) is 5.70. The summed E-state index contributed by atoms with van der Waals surface area (Å²) in [4.78, 5) is 14.3.